The Labute approximate surface area is 121 Å². The predicted molar refractivity (Wildman–Crippen MR) is 74.6 cm³/mol. The first kappa shape index (κ1) is 13.1. The van der Waals surface area contributed by atoms with Crippen LogP contribution in [0.15, 0.2) is 36.8 Å². The average molecular weight is 292 g/mol. The van der Waals surface area contributed by atoms with Gasteiger partial charge in [-0.1, -0.05) is 17.7 Å². The quantitative estimate of drug-likeness (QED) is 0.912. The van der Waals surface area contributed by atoms with Crippen molar-refractivity contribution in [2.75, 3.05) is 6.61 Å². The van der Waals surface area contributed by atoms with Crippen molar-refractivity contribution in [3.8, 4) is 0 Å². The van der Waals surface area contributed by atoms with Crippen molar-refractivity contribution in [1.29, 1.82) is 0 Å². The standard InChI is InChI=1S/C14H14ClN3O2/c15-10-6-12(17-8-10)14(19)18-11-3-5-20-13(11)9-2-1-4-16-7-9/h1-2,4,6-8,11,13,17H,3,5H2,(H,18,19)/t11-,13+/m0/s1. The summed E-state index contributed by atoms with van der Waals surface area (Å²) in [6.07, 6.45) is 5.69. The summed E-state index contributed by atoms with van der Waals surface area (Å²) in [5.41, 5.74) is 1.42. The van der Waals surface area contributed by atoms with E-state index in [-0.39, 0.29) is 18.1 Å². The first-order valence-corrected chi connectivity index (χ1v) is 6.78. The lowest BCUT2D eigenvalue weighted by molar-refractivity contribution is 0.0817. The molecule has 0 unspecified atom stereocenters. The van der Waals surface area contributed by atoms with Gasteiger partial charge in [0.1, 0.15) is 11.8 Å². The lowest BCUT2D eigenvalue weighted by atomic mass is 10.0. The summed E-state index contributed by atoms with van der Waals surface area (Å²) in [4.78, 5) is 19.0. The molecular formula is C14H14ClN3O2. The number of rotatable bonds is 3. The summed E-state index contributed by atoms with van der Waals surface area (Å²) in [5.74, 6) is -0.179. The van der Waals surface area contributed by atoms with E-state index in [2.05, 4.69) is 15.3 Å². The van der Waals surface area contributed by atoms with Gasteiger partial charge in [-0.05, 0) is 18.6 Å². The zero-order valence-electron chi connectivity index (χ0n) is 10.7. The maximum Gasteiger partial charge on any atom is 0.268 e. The van der Waals surface area contributed by atoms with Crippen LogP contribution in [-0.4, -0.2) is 28.5 Å². The number of hydrogen-bond acceptors (Lipinski definition) is 3. The Balaban J connectivity index is 1.72. The first-order chi connectivity index (χ1) is 9.74. The Morgan fingerprint density at radius 1 is 1.55 bits per heavy atom. The number of carbonyl (C=O) groups is 1. The van der Waals surface area contributed by atoms with E-state index in [1.54, 1.807) is 24.7 Å². The van der Waals surface area contributed by atoms with Crippen molar-refractivity contribution >= 4 is 17.5 Å². The van der Waals surface area contributed by atoms with Gasteiger partial charge in [0, 0.05) is 30.8 Å². The SMILES string of the molecule is O=C(N[C@H]1CCO[C@@H]1c1cccnc1)c1cc(Cl)c[nH]1. The number of nitrogens with one attached hydrogen (secondary N) is 2. The van der Waals surface area contributed by atoms with Crippen LogP contribution in [-0.2, 0) is 4.74 Å². The van der Waals surface area contributed by atoms with E-state index in [0.29, 0.717) is 17.3 Å². The fraction of sp³-hybridized carbons (Fsp3) is 0.286. The molecule has 3 heterocycles. The molecule has 2 N–H and O–H groups in total. The molecule has 0 bridgehead atoms. The van der Waals surface area contributed by atoms with Gasteiger partial charge >= 0.3 is 0 Å². The van der Waals surface area contributed by atoms with Gasteiger partial charge in [0.05, 0.1) is 11.1 Å². The zero-order chi connectivity index (χ0) is 13.9. The fourth-order valence-corrected chi connectivity index (χ4v) is 2.52. The van der Waals surface area contributed by atoms with Gasteiger partial charge in [-0.25, -0.2) is 0 Å². The van der Waals surface area contributed by atoms with Crippen LogP contribution in [0.5, 0.6) is 0 Å². The van der Waals surface area contributed by atoms with Gasteiger partial charge in [0.25, 0.3) is 5.91 Å². The molecule has 1 aliphatic rings. The van der Waals surface area contributed by atoms with Gasteiger partial charge in [0.15, 0.2) is 0 Å². The monoisotopic (exact) mass is 291 g/mol. The average Bonchev–Trinajstić information content (AvgIpc) is 3.09. The van der Waals surface area contributed by atoms with E-state index in [1.807, 2.05) is 12.1 Å². The van der Waals surface area contributed by atoms with E-state index in [0.717, 1.165) is 12.0 Å². The lowest BCUT2D eigenvalue weighted by Gasteiger charge is -2.19. The predicted octanol–water partition coefficient (Wildman–Crippen LogP) is 2.32. The van der Waals surface area contributed by atoms with Crippen molar-refractivity contribution in [1.82, 2.24) is 15.3 Å². The van der Waals surface area contributed by atoms with Crippen LogP contribution in [0.4, 0.5) is 0 Å². The number of nitrogens with zero attached hydrogens (tertiary/aromatic N) is 1. The molecule has 2 aromatic rings. The Morgan fingerprint density at radius 2 is 2.45 bits per heavy atom. The molecule has 3 rings (SSSR count). The highest BCUT2D eigenvalue weighted by molar-refractivity contribution is 6.30. The minimum absolute atomic E-state index is 0.0613. The van der Waals surface area contributed by atoms with E-state index < -0.39 is 0 Å². The third-order valence-electron chi connectivity index (χ3n) is 3.31. The van der Waals surface area contributed by atoms with Crippen LogP contribution in [0.3, 0.4) is 0 Å². The lowest BCUT2D eigenvalue weighted by Crippen LogP contribution is -2.37. The number of H-pyrrole nitrogens is 1. The minimum atomic E-state index is -0.179. The maximum atomic E-state index is 12.1. The van der Waals surface area contributed by atoms with Gasteiger partial charge in [0.2, 0.25) is 0 Å². The second-order valence-electron chi connectivity index (χ2n) is 4.68. The van der Waals surface area contributed by atoms with Crippen LogP contribution >= 0.6 is 11.6 Å². The molecule has 2 aromatic heterocycles. The highest BCUT2D eigenvalue weighted by Crippen LogP contribution is 2.28. The zero-order valence-corrected chi connectivity index (χ0v) is 11.4. The van der Waals surface area contributed by atoms with Gasteiger partial charge in [-0.15, -0.1) is 0 Å². The Kier molecular flexibility index (Phi) is 3.71. The topological polar surface area (TPSA) is 67.0 Å². The molecular weight excluding hydrogens is 278 g/mol. The number of hydrogen-bond donors (Lipinski definition) is 2. The molecule has 1 aliphatic heterocycles. The second kappa shape index (κ2) is 5.64. The molecule has 1 amide bonds. The number of amides is 1. The summed E-state index contributed by atoms with van der Waals surface area (Å²) in [5, 5.41) is 3.49. The van der Waals surface area contributed by atoms with E-state index in [9.17, 15) is 4.79 Å². The number of halogens is 1. The van der Waals surface area contributed by atoms with Crippen molar-refractivity contribution in [3.63, 3.8) is 0 Å². The van der Waals surface area contributed by atoms with Gasteiger partial charge in [-0.2, -0.15) is 0 Å². The van der Waals surface area contributed by atoms with E-state index in [4.69, 9.17) is 16.3 Å². The minimum Gasteiger partial charge on any atom is -0.371 e. The number of ether oxygens (including phenoxy) is 1. The molecule has 0 radical (unpaired) electrons. The van der Waals surface area contributed by atoms with Crippen molar-refractivity contribution in [3.05, 3.63) is 53.1 Å². The fourth-order valence-electron chi connectivity index (χ4n) is 2.36. The Bertz CT molecular complexity index is 599. The summed E-state index contributed by atoms with van der Waals surface area (Å²) in [7, 11) is 0. The van der Waals surface area contributed by atoms with Crippen LogP contribution in [0.1, 0.15) is 28.6 Å². The summed E-state index contributed by atoms with van der Waals surface area (Å²) < 4.78 is 5.70. The molecule has 1 fully saturated rings. The molecule has 0 saturated carbocycles. The molecule has 5 nitrogen and oxygen atoms in total. The normalized spacial score (nSPS) is 21.9. The molecule has 1 saturated heterocycles. The summed E-state index contributed by atoms with van der Waals surface area (Å²) in [6, 6.07) is 5.36. The number of aromatic nitrogens is 2. The molecule has 104 valence electrons. The van der Waals surface area contributed by atoms with Crippen LogP contribution < -0.4 is 5.32 Å². The number of pyridine rings is 1. The second-order valence-corrected chi connectivity index (χ2v) is 5.11. The highest BCUT2D eigenvalue weighted by atomic mass is 35.5. The largest absolute Gasteiger partial charge is 0.371 e. The van der Waals surface area contributed by atoms with Gasteiger partial charge in [-0.3, -0.25) is 9.78 Å². The highest BCUT2D eigenvalue weighted by Gasteiger charge is 2.31. The third kappa shape index (κ3) is 2.69. The van der Waals surface area contributed by atoms with Crippen molar-refractivity contribution in [2.24, 2.45) is 0 Å². The van der Waals surface area contributed by atoms with E-state index >= 15 is 0 Å². The Morgan fingerprint density at radius 3 is 3.15 bits per heavy atom. The van der Waals surface area contributed by atoms with Crippen LogP contribution in [0.2, 0.25) is 5.02 Å². The van der Waals surface area contributed by atoms with Gasteiger partial charge < -0.3 is 15.0 Å². The van der Waals surface area contributed by atoms with Crippen molar-refractivity contribution in [2.45, 2.75) is 18.6 Å². The molecule has 0 aliphatic carbocycles. The van der Waals surface area contributed by atoms with Crippen LogP contribution in [0.25, 0.3) is 0 Å². The molecule has 20 heavy (non-hydrogen) atoms. The molecule has 6 heteroatoms. The number of carbonyl (C=O) groups excluding carboxylic acids is 1. The molecule has 0 aromatic carbocycles. The maximum absolute atomic E-state index is 12.1. The number of aromatic amines is 1. The van der Waals surface area contributed by atoms with Crippen molar-refractivity contribution < 1.29 is 9.53 Å². The Hall–Kier alpha value is -1.85. The third-order valence-corrected chi connectivity index (χ3v) is 3.53. The summed E-state index contributed by atoms with van der Waals surface area (Å²) in [6.45, 7) is 0.621. The van der Waals surface area contributed by atoms with E-state index in [1.165, 1.54) is 0 Å². The smallest absolute Gasteiger partial charge is 0.268 e. The molecule has 0 spiro atoms. The molecule has 2 atom stereocenters. The summed E-state index contributed by atoms with van der Waals surface area (Å²) >= 11 is 5.80. The van der Waals surface area contributed by atoms with Crippen LogP contribution in [0, 0.1) is 0 Å². The first-order valence-electron chi connectivity index (χ1n) is 6.40.